The summed E-state index contributed by atoms with van der Waals surface area (Å²) in [5.74, 6) is 1.80. The number of rotatable bonds is 8. The van der Waals surface area contributed by atoms with Crippen LogP contribution in [0.25, 0.3) is 0 Å². The highest BCUT2D eigenvalue weighted by Gasteiger charge is 2.35. The van der Waals surface area contributed by atoms with E-state index in [1.54, 1.807) is 0 Å². The highest BCUT2D eigenvalue weighted by molar-refractivity contribution is 5.99. The Bertz CT molecular complexity index is 937. The summed E-state index contributed by atoms with van der Waals surface area (Å²) in [5, 5.41) is 3.41. The van der Waals surface area contributed by atoms with Crippen LogP contribution in [0.5, 0.6) is 11.5 Å². The molecule has 0 aliphatic carbocycles. The molecule has 3 aliphatic rings. The third-order valence-corrected chi connectivity index (χ3v) is 6.76. The molecule has 2 aromatic rings. The smallest absolute Gasteiger partial charge is 0.254 e. The largest absolute Gasteiger partial charge is 0.492 e. The van der Waals surface area contributed by atoms with Gasteiger partial charge in [0.1, 0.15) is 24.7 Å². The molecule has 0 saturated carbocycles. The average molecular weight is 452 g/mol. The summed E-state index contributed by atoms with van der Waals surface area (Å²) in [6.45, 7) is 8.16. The van der Waals surface area contributed by atoms with Crippen LogP contribution < -0.4 is 14.8 Å². The maximum atomic E-state index is 13.0. The first kappa shape index (κ1) is 22.2. The summed E-state index contributed by atoms with van der Waals surface area (Å²) in [6.07, 6.45) is 2.17. The molecule has 0 spiro atoms. The molecular formula is C26H33N3O4. The van der Waals surface area contributed by atoms with Crippen LogP contribution in [0.4, 0.5) is 0 Å². The first-order chi connectivity index (χ1) is 16.3. The quantitative estimate of drug-likeness (QED) is 0.666. The van der Waals surface area contributed by atoms with E-state index in [9.17, 15) is 4.79 Å². The summed E-state index contributed by atoms with van der Waals surface area (Å²) in [4.78, 5) is 17.3. The molecule has 2 fully saturated rings. The van der Waals surface area contributed by atoms with Gasteiger partial charge in [0.2, 0.25) is 0 Å². The lowest BCUT2D eigenvalue weighted by Gasteiger charge is -2.31. The second kappa shape index (κ2) is 10.5. The fourth-order valence-corrected chi connectivity index (χ4v) is 4.82. The van der Waals surface area contributed by atoms with Gasteiger partial charge in [0, 0.05) is 43.3 Å². The standard InChI is InChI=1S/C26H33N3O4/c30-26-23-4-1-5-25(24(23)18-29(26)21-3-2-10-27-17-21)33-19-20-6-8-22(9-7-20)32-16-13-28-11-14-31-15-12-28/h1,4-9,21,27H,2-3,10-19H2. The fourth-order valence-electron chi connectivity index (χ4n) is 4.82. The first-order valence-corrected chi connectivity index (χ1v) is 12.1. The number of carbonyl (C=O) groups is 1. The van der Waals surface area contributed by atoms with E-state index < -0.39 is 0 Å². The number of hydrogen-bond donors (Lipinski definition) is 1. The van der Waals surface area contributed by atoms with Crippen molar-refractivity contribution in [3.05, 3.63) is 59.2 Å². The van der Waals surface area contributed by atoms with Gasteiger partial charge in [0.25, 0.3) is 5.91 Å². The molecule has 0 aromatic heterocycles. The maximum absolute atomic E-state index is 13.0. The number of nitrogens with zero attached hydrogens (tertiary/aromatic N) is 2. The summed E-state index contributed by atoms with van der Waals surface area (Å²) in [6, 6.07) is 14.1. The molecule has 1 amide bonds. The highest BCUT2D eigenvalue weighted by Crippen LogP contribution is 2.33. The Morgan fingerprint density at radius 1 is 1.06 bits per heavy atom. The number of benzene rings is 2. The predicted molar refractivity (Wildman–Crippen MR) is 126 cm³/mol. The van der Waals surface area contributed by atoms with Crippen molar-refractivity contribution in [1.82, 2.24) is 15.1 Å². The molecule has 33 heavy (non-hydrogen) atoms. The average Bonchev–Trinajstić information content (AvgIpc) is 3.22. The Balaban J connectivity index is 1.14. The molecule has 1 N–H and O–H groups in total. The zero-order chi connectivity index (χ0) is 22.5. The Morgan fingerprint density at radius 3 is 2.70 bits per heavy atom. The van der Waals surface area contributed by atoms with E-state index in [2.05, 4.69) is 10.2 Å². The number of nitrogens with one attached hydrogen (secondary N) is 1. The van der Waals surface area contributed by atoms with Crippen LogP contribution in [0.3, 0.4) is 0 Å². The molecule has 176 valence electrons. The monoisotopic (exact) mass is 451 g/mol. The molecule has 5 rings (SSSR count). The molecule has 2 aromatic carbocycles. The number of fused-ring (bicyclic) bond motifs is 1. The van der Waals surface area contributed by atoms with Gasteiger partial charge < -0.3 is 24.4 Å². The van der Waals surface area contributed by atoms with Crippen molar-refractivity contribution in [1.29, 1.82) is 0 Å². The van der Waals surface area contributed by atoms with Crippen molar-refractivity contribution >= 4 is 5.91 Å². The molecule has 3 heterocycles. The van der Waals surface area contributed by atoms with Gasteiger partial charge in [0.05, 0.1) is 19.8 Å². The Labute approximate surface area is 195 Å². The fraction of sp³-hybridized carbons (Fsp3) is 0.500. The molecular weight excluding hydrogens is 418 g/mol. The van der Waals surface area contributed by atoms with Crippen LogP contribution in [-0.4, -0.2) is 74.3 Å². The van der Waals surface area contributed by atoms with Crippen LogP contribution >= 0.6 is 0 Å². The summed E-state index contributed by atoms with van der Waals surface area (Å²) >= 11 is 0. The van der Waals surface area contributed by atoms with E-state index >= 15 is 0 Å². The molecule has 0 bridgehead atoms. The number of carbonyl (C=O) groups excluding carboxylic acids is 1. The summed E-state index contributed by atoms with van der Waals surface area (Å²) < 4.78 is 17.4. The van der Waals surface area contributed by atoms with Gasteiger partial charge in [0.15, 0.2) is 0 Å². The lowest BCUT2D eigenvalue weighted by Crippen LogP contribution is -2.46. The van der Waals surface area contributed by atoms with Crippen LogP contribution in [0.2, 0.25) is 0 Å². The Morgan fingerprint density at radius 2 is 1.91 bits per heavy atom. The molecule has 1 unspecified atom stereocenters. The lowest BCUT2D eigenvalue weighted by molar-refractivity contribution is 0.0322. The minimum absolute atomic E-state index is 0.128. The van der Waals surface area contributed by atoms with Gasteiger partial charge >= 0.3 is 0 Å². The Kier molecular flexibility index (Phi) is 7.09. The Hall–Kier alpha value is -2.61. The summed E-state index contributed by atoms with van der Waals surface area (Å²) in [7, 11) is 0. The minimum Gasteiger partial charge on any atom is -0.492 e. The third-order valence-electron chi connectivity index (χ3n) is 6.76. The van der Waals surface area contributed by atoms with E-state index in [1.807, 2.05) is 47.4 Å². The van der Waals surface area contributed by atoms with Gasteiger partial charge in [-0.25, -0.2) is 0 Å². The molecule has 2 saturated heterocycles. The van der Waals surface area contributed by atoms with Gasteiger partial charge in [-0.05, 0) is 49.2 Å². The third kappa shape index (κ3) is 5.32. The molecule has 7 nitrogen and oxygen atoms in total. The van der Waals surface area contributed by atoms with Crippen molar-refractivity contribution in [3.8, 4) is 11.5 Å². The van der Waals surface area contributed by atoms with Gasteiger partial charge in [-0.15, -0.1) is 0 Å². The van der Waals surface area contributed by atoms with Gasteiger partial charge in [-0.1, -0.05) is 18.2 Å². The van der Waals surface area contributed by atoms with Crippen LogP contribution in [0.15, 0.2) is 42.5 Å². The lowest BCUT2D eigenvalue weighted by atomic mass is 10.1. The normalized spacial score (nSPS) is 21.2. The van der Waals surface area contributed by atoms with Gasteiger partial charge in [-0.2, -0.15) is 0 Å². The molecule has 1 atom stereocenters. The van der Waals surface area contributed by atoms with E-state index in [0.29, 0.717) is 19.8 Å². The highest BCUT2D eigenvalue weighted by atomic mass is 16.5. The number of hydrogen-bond acceptors (Lipinski definition) is 6. The molecule has 3 aliphatic heterocycles. The topological polar surface area (TPSA) is 63.3 Å². The van der Waals surface area contributed by atoms with Crippen LogP contribution in [-0.2, 0) is 17.9 Å². The molecule has 7 heteroatoms. The van der Waals surface area contributed by atoms with Crippen LogP contribution in [0.1, 0.15) is 34.3 Å². The van der Waals surface area contributed by atoms with Crippen molar-refractivity contribution < 1.29 is 19.0 Å². The number of amides is 1. The van der Waals surface area contributed by atoms with Crippen molar-refractivity contribution in [2.24, 2.45) is 0 Å². The SMILES string of the molecule is O=C1c2cccc(OCc3ccc(OCCN4CCOCC4)cc3)c2CN1C1CCCNC1. The van der Waals surface area contributed by atoms with E-state index in [4.69, 9.17) is 14.2 Å². The van der Waals surface area contributed by atoms with Crippen molar-refractivity contribution in [3.63, 3.8) is 0 Å². The van der Waals surface area contributed by atoms with Crippen LogP contribution in [0, 0.1) is 0 Å². The zero-order valence-corrected chi connectivity index (χ0v) is 19.1. The van der Waals surface area contributed by atoms with Gasteiger partial charge in [-0.3, -0.25) is 9.69 Å². The van der Waals surface area contributed by atoms with Crippen molar-refractivity contribution in [2.75, 3.05) is 52.5 Å². The van der Waals surface area contributed by atoms with E-state index in [-0.39, 0.29) is 11.9 Å². The predicted octanol–water partition coefficient (Wildman–Crippen LogP) is 2.68. The second-order valence-electron chi connectivity index (χ2n) is 8.95. The number of piperidine rings is 1. The number of morpholine rings is 1. The first-order valence-electron chi connectivity index (χ1n) is 12.1. The number of ether oxygens (including phenoxy) is 3. The van der Waals surface area contributed by atoms with Crippen molar-refractivity contribution in [2.45, 2.75) is 32.0 Å². The minimum atomic E-state index is 0.128. The molecule has 0 radical (unpaired) electrons. The second-order valence-corrected chi connectivity index (χ2v) is 8.95. The van der Waals surface area contributed by atoms with E-state index in [1.165, 1.54) is 0 Å². The maximum Gasteiger partial charge on any atom is 0.254 e. The summed E-state index contributed by atoms with van der Waals surface area (Å²) in [5.41, 5.74) is 2.86. The zero-order valence-electron chi connectivity index (χ0n) is 19.1. The van der Waals surface area contributed by atoms with E-state index in [0.717, 1.165) is 87.0 Å².